The predicted octanol–water partition coefficient (Wildman–Crippen LogP) is 1.95. The first kappa shape index (κ1) is 11.9. The van der Waals surface area contributed by atoms with Crippen molar-refractivity contribution in [3.8, 4) is 6.07 Å². The molecule has 3 nitrogen and oxygen atoms in total. The highest BCUT2D eigenvalue weighted by Crippen LogP contribution is 2.27. The number of amides is 1. The van der Waals surface area contributed by atoms with Gasteiger partial charge in [-0.25, -0.2) is 4.39 Å². The van der Waals surface area contributed by atoms with Gasteiger partial charge in [-0.3, -0.25) is 4.79 Å². The SMILES string of the molecule is N#CC1(NC(=O)c2ccc(F)cc2)CCSC1. The number of carbonyl (C=O) groups excluding carboxylic acids is 1. The number of hydrogen-bond donors (Lipinski definition) is 1. The minimum absolute atomic E-state index is 0.325. The minimum atomic E-state index is -0.768. The average molecular weight is 250 g/mol. The molecule has 0 radical (unpaired) electrons. The molecule has 88 valence electrons. The van der Waals surface area contributed by atoms with Crippen molar-refractivity contribution in [2.75, 3.05) is 11.5 Å². The summed E-state index contributed by atoms with van der Waals surface area (Å²) < 4.78 is 12.7. The number of rotatable bonds is 2. The van der Waals surface area contributed by atoms with E-state index in [1.165, 1.54) is 24.3 Å². The lowest BCUT2D eigenvalue weighted by Crippen LogP contribution is -2.47. The van der Waals surface area contributed by atoms with Gasteiger partial charge in [-0.15, -0.1) is 0 Å². The Bertz CT molecular complexity index is 460. The van der Waals surface area contributed by atoms with Crippen LogP contribution in [0.25, 0.3) is 0 Å². The Morgan fingerprint density at radius 2 is 2.18 bits per heavy atom. The molecule has 1 saturated heterocycles. The molecule has 0 aromatic heterocycles. The molecule has 1 atom stereocenters. The summed E-state index contributed by atoms with van der Waals surface area (Å²) in [7, 11) is 0. The normalized spacial score (nSPS) is 23.1. The Morgan fingerprint density at radius 3 is 2.71 bits per heavy atom. The molecule has 1 amide bonds. The van der Waals surface area contributed by atoms with Crippen LogP contribution in [0.3, 0.4) is 0 Å². The lowest BCUT2D eigenvalue weighted by Gasteiger charge is -2.21. The van der Waals surface area contributed by atoms with Crippen LogP contribution >= 0.6 is 11.8 Å². The molecule has 1 aromatic carbocycles. The van der Waals surface area contributed by atoms with Crippen molar-refractivity contribution in [3.63, 3.8) is 0 Å². The smallest absolute Gasteiger partial charge is 0.252 e. The molecule has 0 saturated carbocycles. The van der Waals surface area contributed by atoms with Crippen molar-refractivity contribution in [1.82, 2.24) is 5.32 Å². The Balaban J connectivity index is 2.11. The lowest BCUT2D eigenvalue weighted by atomic mass is 10.0. The third-order valence-electron chi connectivity index (χ3n) is 2.69. The molecule has 2 rings (SSSR count). The number of halogens is 1. The molecule has 1 N–H and O–H groups in total. The van der Waals surface area contributed by atoms with Gasteiger partial charge in [0.25, 0.3) is 5.91 Å². The maximum absolute atomic E-state index is 12.7. The van der Waals surface area contributed by atoms with E-state index in [0.29, 0.717) is 17.7 Å². The van der Waals surface area contributed by atoms with Gasteiger partial charge in [0.05, 0.1) is 6.07 Å². The predicted molar refractivity (Wildman–Crippen MR) is 64.2 cm³/mol. The highest BCUT2D eigenvalue weighted by molar-refractivity contribution is 7.99. The van der Waals surface area contributed by atoms with Gasteiger partial charge in [0, 0.05) is 11.3 Å². The third-order valence-corrected chi connectivity index (χ3v) is 3.88. The first-order chi connectivity index (χ1) is 8.15. The van der Waals surface area contributed by atoms with Crippen LogP contribution in [-0.2, 0) is 0 Å². The second-order valence-electron chi connectivity index (χ2n) is 3.96. The highest BCUT2D eigenvalue weighted by atomic mass is 32.2. The van der Waals surface area contributed by atoms with Crippen LogP contribution in [-0.4, -0.2) is 23.0 Å². The average Bonchev–Trinajstić information content (AvgIpc) is 2.79. The largest absolute Gasteiger partial charge is 0.333 e. The monoisotopic (exact) mass is 250 g/mol. The molecule has 17 heavy (non-hydrogen) atoms. The van der Waals surface area contributed by atoms with E-state index in [1.54, 1.807) is 11.8 Å². The summed E-state index contributed by atoms with van der Waals surface area (Å²) in [4.78, 5) is 11.9. The topological polar surface area (TPSA) is 52.9 Å². The maximum Gasteiger partial charge on any atom is 0.252 e. The van der Waals surface area contributed by atoms with Crippen molar-refractivity contribution in [1.29, 1.82) is 5.26 Å². The molecule has 0 spiro atoms. The maximum atomic E-state index is 12.7. The Kier molecular flexibility index (Phi) is 3.34. The van der Waals surface area contributed by atoms with Gasteiger partial charge in [0.1, 0.15) is 11.4 Å². The first-order valence-corrected chi connectivity index (χ1v) is 6.38. The number of nitrogens with zero attached hydrogens (tertiary/aromatic N) is 1. The molecular formula is C12H11FN2OS. The number of hydrogen-bond acceptors (Lipinski definition) is 3. The van der Waals surface area contributed by atoms with Crippen LogP contribution in [0.2, 0.25) is 0 Å². The van der Waals surface area contributed by atoms with Crippen LogP contribution in [0.5, 0.6) is 0 Å². The van der Waals surface area contributed by atoms with Crippen molar-refractivity contribution in [3.05, 3.63) is 35.6 Å². The van der Waals surface area contributed by atoms with Crippen LogP contribution in [0, 0.1) is 17.1 Å². The fourth-order valence-electron chi connectivity index (χ4n) is 1.67. The summed E-state index contributed by atoms with van der Waals surface area (Å²) in [6.45, 7) is 0. The molecule has 0 aliphatic carbocycles. The quantitative estimate of drug-likeness (QED) is 0.873. The van der Waals surface area contributed by atoms with Crippen LogP contribution < -0.4 is 5.32 Å². The molecule has 1 unspecified atom stereocenters. The van der Waals surface area contributed by atoms with Crippen LogP contribution in [0.4, 0.5) is 4.39 Å². The second kappa shape index (κ2) is 4.76. The summed E-state index contributed by atoms with van der Waals surface area (Å²) in [5.74, 6) is 0.773. The zero-order chi connectivity index (χ0) is 12.3. The van der Waals surface area contributed by atoms with E-state index < -0.39 is 5.54 Å². The third kappa shape index (κ3) is 2.59. The second-order valence-corrected chi connectivity index (χ2v) is 5.06. The molecule has 5 heteroatoms. The van der Waals surface area contributed by atoms with E-state index in [2.05, 4.69) is 11.4 Å². The fourth-order valence-corrected chi connectivity index (χ4v) is 2.94. The molecule has 1 fully saturated rings. The van der Waals surface area contributed by atoms with Crippen molar-refractivity contribution in [2.24, 2.45) is 0 Å². The molecule has 1 aliphatic heterocycles. The van der Waals surface area contributed by atoms with Gasteiger partial charge >= 0.3 is 0 Å². The zero-order valence-electron chi connectivity index (χ0n) is 9.07. The fraction of sp³-hybridized carbons (Fsp3) is 0.333. The van der Waals surface area contributed by atoms with Crippen molar-refractivity contribution < 1.29 is 9.18 Å². The molecule has 1 heterocycles. The van der Waals surface area contributed by atoms with E-state index in [9.17, 15) is 9.18 Å². The Labute approximate surface area is 103 Å². The van der Waals surface area contributed by atoms with Gasteiger partial charge < -0.3 is 5.32 Å². The van der Waals surface area contributed by atoms with Crippen molar-refractivity contribution >= 4 is 17.7 Å². The molecule has 1 aliphatic rings. The zero-order valence-corrected chi connectivity index (χ0v) is 9.89. The van der Waals surface area contributed by atoms with Crippen molar-refractivity contribution in [2.45, 2.75) is 12.0 Å². The minimum Gasteiger partial charge on any atom is -0.333 e. The lowest BCUT2D eigenvalue weighted by molar-refractivity contribution is 0.0926. The summed E-state index contributed by atoms with van der Waals surface area (Å²) in [5.41, 5.74) is -0.395. The number of carbonyl (C=O) groups is 1. The van der Waals surface area contributed by atoms with E-state index >= 15 is 0 Å². The molecular weight excluding hydrogens is 239 g/mol. The van der Waals surface area contributed by atoms with E-state index in [1.807, 2.05) is 0 Å². The first-order valence-electron chi connectivity index (χ1n) is 5.22. The number of nitrogens with one attached hydrogen (secondary N) is 1. The Morgan fingerprint density at radius 1 is 1.47 bits per heavy atom. The highest BCUT2D eigenvalue weighted by Gasteiger charge is 2.36. The molecule has 1 aromatic rings. The molecule has 0 bridgehead atoms. The summed E-state index contributed by atoms with van der Waals surface area (Å²) in [5, 5.41) is 11.9. The van der Waals surface area contributed by atoms with Gasteiger partial charge in [0.2, 0.25) is 0 Å². The van der Waals surface area contributed by atoms with Crippen LogP contribution in [0.1, 0.15) is 16.8 Å². The van der Waals surface area contributed by atoms with Gasteiger partial charge in [-0.1, -0.05) is 0 Å². The Hall–Kier alpha value is -1.54. The summed E-state index contributed by atoms with van der Waals surface area (Å²) in [6, 6.07) is 7.46. The number of benzene rings is 1. The summed E-state index contributed by atoms with van der Waals surface area (Å²) in [6.07, 6.45) is 0.654. The van der Waals surface area contributed by atoms with Gasteiger partial charge in [-0.05, 0) is 36.4 Å². The van der Waals surface area contributed by atoms with Gasteiger partial charge in [-0.2, -0.15) is 17.0 Å². The number of thioether (sulfide) groups is 1. The summed E-state index contributed by atoms with van der Waals surface area (Å²) >= 11 is 1.65. The van der Waals surface area contributed by atoms with E-state index in [-0.39, 0.29) is 11.7 Å². The van der Waals surface area contributed by atoms with E-state index in [4.69, 9.17) is 5.26 Å². The standard InChI is InChI=1S/C12H11FN2OS/c13-10-3-1-9(2-4-10)11(16)15-12(7-14)5-6-17-8-12/h1-4H,5-6,8H2,(H,15,16). The van der Waals surface area contributed by atoms with E-state index in [0.717, 1.165) is 5.75 Å². The van der Waals surface area contributed by atoms with Gasteiger partial charge in [0.15, 0.2) is 0 Å². The van der Waals surface area contributed by atoms with Crippen LogP contribution in [0.15, 0.2) is 24.3 Å². The number of nitriles is 1.